The van der Waals surface area contributed by atoms with Crippen molar-refractivity contribution in [3.8, 4) is 0 Å². The number of nitrogens with one attached hydrogen (secondary N) is 1. The van der Waals surface area contributed by atoms with E-state index in [4.69, 9.17) is 9.84 Å². The number of carbonyl (C=O) groups is 2. The Balaban J connectivity index is 1.57. The minimum atomic E-state index is -0.900. The molecule has 19 heavy (non-hydrogen) atoms. The molecule has 1 heterocycles. The van der Waals surface area contributed by atoms with Crippen LogP contribution in [0.1, 0.15) is 25.7 Å². The minimum absolute atomic E-state index is 0.115. The van der Waals surface area contributed by atoms with Gasteiger partial charge in [-0.3, -0.25) is 4.79 Å². The van der Waals surface area contributed by atoms with Gasteiger partial charge in [-0.15, -0.1) is 0 Å². The maximum Gasteiger partial charge on any atom is 0.317 e. The molecule has 2 saturated carbocycles. The maximum absolute atomic E-state index is 12.3. The lowest BCUT2D eigenvalue weighted by Crippen LogP contribution is -2.50. The van der Waals surface area contributed by atoms with E-state index in [-0.39, 0.29) is 12.6 Å². The highest BCUT2D eigenvalue weighted by atomic mass is 16.5. The fraction of sp³-hybridized carbons (Fsp3) is 0.846. The van der Waals surface area contributed by atoms with E-state index in [2.05, 4.69) is 5.32 Å². The Labute approximate surface area is 112 Å². The average Bonchev–Trinajstić information content (AvgIpc) is 3.26. The Kier molecular flexibility index (Phi) is 3.35. The fourth-order valence-corrected chi connectivity index (χ4v) is 2.54. The van der Waals surface area contributed by atoms with Crippen molar-refractivity contribution in [2.24, 2.45) is 11.8 Å². The number of amides is 2. The molecular formula is C13H20N2O4. The van der Waals surface area contributed by atoms with Gasteiger partial charge in [0.1, 0.15) is 5.92 Å². The predicted molar refractivity (Wildman–Crippen MR) is 66.7 cm³/mol. The lowest BCUT2D eigenvalue weighted by molar-refractivity contribution is -0.142. The summed E-state index contributed by atoms with van der Waals surface area (Å²) in [5, 5.41) is 11.9. The van der Waals surface area contributed by atoms with Crippen LogP contribution in [0.4, 0.5) is 4.79 Å². The van der Waals surface area contributed by atoms with Crippen molar-refractivity contribution in [1.29, 1.82) is 0 Å². The van der Waals surface area contributed by atoms with Crippen LogP contribution in [-0.4, -0.2) is 53.8 Å². The third-order valence-electron chi connectivity index (χ3n) is 4.11. The summed E-state index contributed by atoms with van der Waals surface area (Å²) in [5.41, 5.74) is 0. The fourth-order valence-electron chi connectivity index (χ4n) is 2.54. The second-order valence-corrected chi connectivity index (χ2v) is 5.87. The number of carbonyl (C=O) groups excluding carboxylic acids is 1. The number of hydrogen-bond donors (Lipinski definition) is 2. The van der Waals surface area contributed by atoms with E-state index in [0.717, 1.165) is 19.4 Å². The highest BCUT2D eigenvalue weighted by molar-refractivity contribution is 5.77. The lowest BCUT2D eigenvalue weighted by atomic mass is 10.0. The zero-order chi connectivity index (χ0) is 13.4. The van der Waals surface area contributed by atoms with Crippen LogP contribution in [-0.2, 0) is 9.53 Å². The van der Waals surface area contributed by atoms with Gasteiger partial charge in [-0.1, -0.05) is 0 Å². The van der Waals surface area contributed by atoms with Gasteiger partial charge < -0.3 is 20.1 Å². The van der Waals surface area contributed by atoms with Crippen LogP contribution in [0.5, 0.6) is 0 Å². The van der Waals surface area contributed by atoms with E-state index in [1.807, 2.05) is 4.90 Å². The second-order valence-electron chi connectivity index (χ2n) is 5.87. The van der Waals surface area contributed by atoms with Crippen LogP contribution < -0.4 is 5.32 Å². The summed E-state index contributed by atoms with van der Waals surface area (Å²) in [7, 11) is 0. The van der Waals surface area contributed by atoms with Gasteiger partial charge in [0.05, 0.1) is 19.3 Å². The summed E-state index contributed by atoms with van der Waals surface area (Å²) in [6.07, 6.45) is 4.56. The molecule has 3 rings (SSSR count). The number of carboxylic acid groups (broad SMARTS) is 1. The van der Waals surface area contributed by atoms with Crippen molar-refractivity contribution in [1.82, 2.24) is 10.2 Å². The molecule has 0 bridgehead atoms. The van der Waals surface area contributed by atoms with Crippen LogP contribution in [0.3, 0.4) is 0 Å². The quantitative estimate of drug-likeness (QED) is 0.768. The van der Waals surface area contributed by atoms with Gasteiger partial charge in [0.2, 0.25) is 0 Å². The van der Waals surface area contributed by atoms with Crippen LogP contribution in [0.2, 0.25) is 0 Å². The van der Waals surface area contributed by atoms with Gasteiger partial charge in [0.25, 0.3) is 0 Å². The normalized spacial score (nSPS) is 30.1. The standard InChI is InChI=1S/C13H20N2O4/c16-12(17)10-6-19-7-11(10)14-13(18)15(9-3-4-9)5-8-1-2-8/h8-11H,1-7H2,(H,14,18)(H,16,17). The van der Waals surface area contributed by atoms with Gasteiger partial charge in [0.15, 0.2) is 0 Å². The van der Waals surface area contributed by atoms with E-state index in [1.54, 1.807) is 0 Å². The van der Waals surface area contributed by atoms with Gasteiger partial charge >= 0.3 is 12.0 Å². The van der Waals surface area contributed by atoms with Crippen LogP contribution in [0, 0.1) is 11.8 Å². The van der Waals surface area contributed by atoms with Gasteiger partial charge in [-0.25, -0.2) is 4.79 Å². The van der Waals surface area contributed by atoms with Crippen molar-refractivity contribution in [3.05, 3.63) is 0 Å². The summed E-state index contributed by atoms with van der Waals surface area (Å²) in [6, 6.07) is -0.146. The topological polar surface area (TPSA) is 78.9 Å². The monoisotopic (exact) mass is 268 g/mol. The van der Waals surface area contributed by atoms with E-state index in [0.29, 0.717) is 18.6 Å². The number of nitrogens with zero attached hydrogens (tertiary/aromatic N) is 1. The van der Waals surface area contributed by atoms with Crippen molar-refractivity contribution in [2.75, 3.05) is 19.8 Å². The first-order valence-electron chi connectivity index (χ1n) is 7.03. The molecule has 0 aromatic heterocycles. The largest absolute Gasteiger partial charge is 0.481 e. The number of urea groups is 1. The number of hydrogen-bond acceptors (Lipinski definition) is 3. The molecule has 3 aliphatic rings. The number of carboxylic acids is 1. The molecule has 106 valence electrons. The van der Waals surface area contributed by atoms with Crippen LogP contribution in [0.25, 0.3) is 0 Å². The van der Waals surface area contributed by atoms with Crippen LogP contribution in [0.15, 0.2) is 0 Å². The Morgan fingerprint density at radius 2 is 1.95 bits per heavy atom. The molecule has 2 atom stereocenters. The number of ether oxygens (including phenoxy) is 1. The van der Waals surface area contributed by atoms with Gasteiger partial charge in [-0.2, -0.15) is 0 Å². The zero-order valence-corrected chi connectivity index (χ0v) is 10.9. The summed E-state index contributed by atoms with van der Waals surface area (Å²) in [4.78, 5) is 25.2. The molecule has 0 radical (unpaired) electrons. The molecule has 2 amide bonds. The summed E-state index contributed by atoms with van der Waals surface area (Å²) in [5.74, 6) is -0.865. The molecule has 2 N–H and O–H groups in total. The predicted octanol–water partition coefficient (Wildman–Crippen LogP) is 0.670. The van der Waals surface area contributed by atoms with E-state index >= 15 is 0 Å². The number of aliphatic carboxylic acids is 1. The summed E-state index contributed by atoms with van der Waals surface area (Å²) < 4.78 is 5.17. The molecule has 0 spiro atoms. The highest BCUT2D eigenvalue weighted by Gasteiger charge is 2.40. The van der Waals surface area contributed by atoms with Crippen molar-refractivity contribution >= 4 is 12.0 Å². The number of rotatable bonds is 5. The van der Waals surface area contributed by atoms with Crippen molar-refractivity contribution < 1.29 is 19.4 Å². The van der Waals surface area contributed by atoms with Crippen LogP contribution >= 0.6 is 0 Å². The molecular weight excluding hydrogens is 248 g/mol. The lowest BCUT2D eigenvalue weighted by Gasteiger charge is -2.25. The summed E-state index contributed by atoms with van der Waals surface area (Å²) in [6.45, 7) is 1.30. The first-order chi connectivity index (χ1) is 9.15. The molecule has 6 heteroatoms. The average molecular weight is 268 g/mol. The van der Waals surface area contributed by atoms with Gasteiger partial charge in [-0.05, 0) is 31.6 Å². The Morgan fingerprint density at radius 1 is 1.21 bits per heavy atom. The van der Waals surface area contributed by atoms with Gasteiger partial charge in [0, 0.05) is 12.6 Å². The summed E-state index contributed by atoms with van der Waals surface area (Å²) >= 11 is 0. The first kappa shape index (κ1) is 12.7. The van der Waals surface area contributed by atoms with E-state index in [1.165, 1.54) is 12.8 Å². The third-order valence-corrected chi connectivity index (χ3v) is 4.11. The zero-order valence-electron chi connectivity index (χ0n) is 10.9. The first-order valence-corrected chi connectivity index (χ1v) is 7.03. The molecule has 1 saturated heterocycles. The SMILES string of the molecule is O=C(O)C1COCC1NC(=O)N(CC1CC1)C1CC1. The van der Waals surface area contributed by atoms with E-state index in [9.17, 15) is 9.59 Å². The molecule has 3 fully saturated rings. The Bertz CT molecular complexity index is 379. The molecule has 0 aromatic rings. The second kappa shape index (κ2) is 5.00. The highest BCUT2D eigenvalue weighted by Crippen LogP contribution is 2.35. The molecule has 2 aliphatic carbocycles. The molecule has 6 nitrogen and oxygen atoms in total. The minimum Gasteiger partial charge on any atom is -0.481 e. The smallest absolute Gasteiger partial charge is 0.317 e. The molecule has 0 aromatic carbocycles. The Hall–Kier alpha value is -1.30. The van der Waals surface area contributed by atoms with Crippen molar-refractivity contribution in [3.63, 3.8) is 0 Å². The maximum atomic E-state index is 12.3. The molecule has 2 unspecified atom stereocenters. The third kappa shape index (κ3) is 3.00. The molecule has 1 aliphatic heterocycles. The van der Waals surface area contributed by atoms with E-state index < -0.39 is 17.9 Å². The van der Waals surface area contributed by atoms with Crippen molar-refractivity contribution in [2.45, 2.75) is 37.8 Å². The Morgan fingerprint density at radius 3 is 2.53 bits per heavy atom.